The smallest absolute Gasteiger partial charge is 0.289 e. The van der Waals surface area contributed by atoms with E-state index in [1.54, 1.807) is 12.3 Å². The number of hydrogen-bond donors (Lipinski definition) is 2. The molecule has 0 atom stereocenters. The van der Waals surface area contributed by atoms with Gasteiger partial charge in [0.1, 0.15) is 5.75 Å². The minimum atomic E-state index is -0.814. The number of amidine groups is 1. The van der Waals surface area contributed by atoms with E-state index in [2.05, 4.69) is 15.3 Å². The van der Waals surface area contributed by atoms with Crippen molar-refractivity contribution in [3.63, 3.8) is 0 Å². The SMILES string of the molecule is CC1(C)CN=C(Nc2cc(F)c(Oc3cc[nH]c3)c(F)c2)OC1. The molecule has 0 fully saturated rings. The number of benzene rings is 1. The van der Waals surface area contributed by atoms with Crippen molar-refractivity contribution in [1.82, 2.24) is 4.98 Å². The van der Waals surface area contributed by atoms with Crippen LogP contribution in [-0.4, -0.2) is 24.2 Å². The van der Waals surface area contributed by atoms with Crippen LogP contribution in [0.1, 0.15) is 13.8 Å². The van der Waals surface area contributed by atoms with Gasteiger partial charge in [-0.3, -0.25) is 0 Å². The number of rotatable bonds is 3. The van der Waals surface area contributed by atoms with Crippen LogP contribution in [0.25, 0.3) is 0 Å². The molecule has 3 rings (SSSR count). The Morgan fingerprint density at radius 1 is 1.30 bits per heavy atom. The Morgan fingerprint density at radius 3 is 2.61 bits per heavy atom. The molecule has 2 heterocycles. The van der Waals surface area contributed by atoms with E-state index in [1.165, 1.54) is 6.20 Å². The highest BCUT2D eigenvalue weighted by molar-refractivity contribution is 5.89. The molecule has 1 aromatic heterocycles. The summed E-state index contributed by atoms with van der Waals surface area (Å²) in [6, 6.07) is 4.09. The van der Waals surface area contributed by atoms with Gasteiger partial charge in [-0.15, -0.1) is 0 Å². The number of anilines is 1. The van der Waals surface area contributed by atoms with E-state index in [-0.39, 0.29) is 17.1 Å². The second-order valence-corrected chi connectivity index (χ2v) is 6.12. The topological polar surface area (TPSA) is 58.6 Å². The Bertz CT molecular complexity index is 704. The third kappa shape index (κ3) is 3.61. The molecule has 0 saturated carbocycles. The first kappa shape index (κ1) is 15.3. The van der Waals surface area contributed by atoms with Crippen molar-refractivity contribution in [2.45, 2.75) is 13.8 Å². The lowest BCUT2D eigenvalue weighted by Gasteiger charge is -2.28. The molecule has 0 unspecified atom stereocenters. The molecule has 1 aromatic carbocycles. The van der Waals surface area contributed by atoms with Crippen molar-refractivity contribution in [2.24, 2.45) is 10.4 Å². The number of hydrogen-bond acceptors (Lipinski definition) is 4. The Kier molecular flexibility index (Phi) is 3.94. The summed E-state index contributed by atoms with van der Waals surface area (Å²) >= 11 is 0. The average Bonchev–Trinajstić information content (AvgIpc) is 2.98. The zero-order chi connectivity index (χ0) is 16.4. The van der Waals surface area contributed by atoms with Crippen molar-refractivity contribution in [3.05, 3.63) is 42.2 Å². The third-order valence-corrected chi connectivity index (χ3v) is 3.29. The quantitative estimate of drug-likeness (QED) is 0.901. The van der Waals surface area contributed by atoms with Gasteiger partial charge in [0.05, 0.1) is 13.2 Å². The second kappa shape index (κ2) is 5.91. The number of ether oxygens (including phenoxy) is 2. The summed E-state index contributed by atoms with van der Waals surface area (Å²) in [5.74, 6) is -1.76. The number of aliphatic imine (C=N–C) groups is 1. The van der Waals surface area contributed by atoms with Gasteiger partial charge in [-0.25, -0.2) is 13.8 Å². The summed E-state index contributed by atoms with van der Waals surface area (Å²) in [5, 5.41) is 2.77. The molecule has 0 spiro atoms. The fraction of sp³-hybridized carbons (Fsp3) is 0.312. The highest BCUT2D eigenvalue weighted by Crippen LogP contribution is 2.30. The van der Waals surface area contributed by atoms with Gasteiger partial charge >= 0.3 is 0 Å². The fourth-order valence-corrected chi connectivity index (χ4v) is 2.06. The van der Waals surface area contributed by atoms with Gasteiger partial charge in [0.15, 0.2) is 17.4 Å². The predicted octanol–water partition coefficient (Wildman–Crippen LogP) is 3.91. The Morgan fingerprint density at radius 2 is 2.04 bits per heavy atom. The summed E-state index contributed by atoms with van der Waals surface area (Å²) in [5.41, 5.74) is 0.163. The van der Waals surface area contributed by atoms with Crippen LogP contribution in [0.3, 0.4) is 0 Å². The van der Waals surface area contributed by atoms with Crippen LogP contribution < -0.4 is 10.1 Å². The number of nitrogens with one attached hydrogen (secondary N) is 2. The molecule has 122 valence electrons. The first-order valence-corrected chi connectivity index (χ1v) is 7.17. The molecule has 5 nitrogen and oxygen atoms in total. The van der Waals surface area contributed by atoms with E-state index >= 15 is 0 Å². The summed E-state index contributed by atoms with van der Waals surface area (Å²) in [6.45, 7) is 5.12. The first-order chi connectivity index (χ1) is 10.9. The van der Waals surface area contributed by atoms with E-state index in [4.69, 9.17) is 9.47 Å². The lowest BCUT2D eigenvalue weighted by Crippen LogP contribution is -2.33. The Balaban J connectivity index is 1.76. The maximum atomic E-state index is 14.1. The lowest BCUT2D eigenvalue weighted by molar-refractivity contribution is 0.156. The molecule has 23 heavy (non-hydrogen) atoms. The van der Waals surface area contributed by atoms with Gasteiger partial charge in [0, 0.05) is 35.6 Å². The molecule has 0 amide bonds. The molecule has 1 aliphatic rings. The van der Waals surface area contributed by atoms with Crippen LogP contribution in [0.4, 0.5) is 14.5 Å². The molecule has 2 aromatic rings. The minimum absolute atomic E-state index is 0.0457. The summed E-state index contributed by atoms with van der Waals surface area (Å²) < 4.78 is 38.8. The van der Waals surface area contributed by atoms with Crippen LogP contribution in [0.5, 0.6) is 11.5 Å². The van der Waals surface area contributed by atoms with E-state index in [1.807, 2.05) is 13.8 Å². The predicted molar refractivity (Wildman–Crippen MR) is 82.9 cm³/mol. The number of H-pyrrole nitrogens is 1. The maximum absolute atomic E-state index is 14.1. The van der Waals surface area contributed by atoms with Gasteiger partial charge in [0.25, 0.3) is 6.02 Å². The molecule has 0 saturated heterocycles. The summed E-state index contributed by atoms with van der Waals surface area (Å²) in [6.07, 6.45) is 3.10. The van der Waals surface area contributed by atoms with Gasteiger partial charge < -0.3 is 19.8 Å². The molecular weight excluding hydrogens is 304 g/mol. The van der Waals surface area contributed by atoms with Crippen molar-refractivity contribution in [3.8, 4) is 11.5 Å². The molecule has 0 aliphatic carbocycles. The Labute approximate surface area is 132 Å². The van der Waals surface area contributed by atoms with Crippen molar-refractivity contribution < 1.29 is 18.3 Å². The minimum Gasteiger partial charge on any atom is -0.464 e. The van der Waals surface area contributed by atoms with Gasteiger partial charge in [-0.1, -0.05) is 13.8 Å². The average molecular weight is 321 g/mol. The second-order valence-electron chi connectivity index (χ2n) is 6.12. The van der Waals surface area contributed by atoms with Crippen LogP contribution in [-0.2, 0) is 4.74 Å². The fourth-order valence-electron chi connectivity index (χ4n) is 2.06. The monoisotopic (exact) mass is 321 g/mol. The summed E-state index contributed by atoms with van der Waals surface area (Å²) in [7, 11) is 0. The highest BCUT2D eigenvalue weighted by Gasteiger charge is 2.24. The molecule has 2 N–H and O–H groups in total. The van der Waals surface area contributed by atoms with Crippen LogP contribution in [0, 0.1) is 17.0 Å². The lowest BCUT2D eigenvalue weighted by atomic mass is 9.95. The Hall–Kier alpha value is -2.57. The molecular formula is C16H17F2N3O2. The normalized spacial score (nSPS) is 16.4. The van der Waals surface area contributed by atoms with Crippen molar-refractivity contribution in [2.75, 3.05) is 18.5 Å². The largest absolute Gasteiger partial charge is 0.464 e. The highest BCUT2D eigenvalue weighted by atomic mass is 19.1. The summed E-state index contributed by atoms with van der Waals surface area (Å²) in [4.78, 5) is 6.97. The number of halogens is 2. The van der Waals surface area contributed by atoms with Gasteiger partial charge in [0.2, 0.25) is 0 Å². The first-order valence-electron chi connectivity index (χ1n) is 7.17. The van der Waals surface area contributed by atoms with Gasteiger partial charge in [-0.2, -0.15) is 0 Å². The van der Waals surface area contributed by atoms with E-state index in [0.717, 1.165) is 12.1 Å². The maximum Gasteiger partial charge on any atom is 0.289 e. The van der Waals surface area contributed by atoms with E-state index < -0.39 is 17.4 Å². The number of nitrogens with zero attached hydrogens (tertiary/aromatic N) is 1. The van der Waals surface area contributed by atoms with Crippen molar-refractivity contribution >= 4 is 11.7 Å². The molecule has 1 aliphatic heterocycles. The standard InChI is InChI=1S/C16H17F2N3O2/c1-16(2)8-20-15(22-9-16)21-10-5-12(17)14(13(18)6-10)23-11-3-4-19-7-11/h3-7,19H,8-9H2,1-2H3,(H,20,21). The molecule has 7 heteroatoms. The zero-order valence-corrected chi connectivity index (χ0v) is 12.8. The van der Waals surface area contributed by atoms with Crippen LogP contribution in [0.15, 0.2) is 35.6 Å². The third-order valence-electron chi connectivity index (χ3n) is 3.29. The molecule has 0 bridgehead atoms. The number of aromatic amines is 1. The van der Waals surface area contributed by atoms with Crippen LogP contribution >= 0.6 is 0 Å². The zero-order valence-electron chi connectivity index (χ0n) is 12.8. The van der Waals surface area contributed by atoms with Crippen LogP contribution in [0.2, 0.25) is 0 Å². The van der Waals surface area contributed by atoms with E-state index in [0.29, 0.717) is 18.9 Å². The van der Waals surface area contributed by atoms with Gasteiger partial charge in [-0.05, 0) is 6.07 Å². The van der Waals surface area contributed by atoms with E-state index in [9.17, 15) is 8.78 Å². The van der Waals surface area contributed by atoms with Crippen molar-refractivity contribution in [1.29, 1.82) is 0 Å². The molecule has 0 radical (unpaired) electrons. The number of aromatic nitrogens is 1.